The van der Waals surface area contributed by atoms with Gasteiger partial charge in [0.25, 0.3) is 10.0 Å². The first-order valence-electron chi connectivity index (χ1n) is 9.32. The standard InChI is InChI=1S/C20H22F4N2O2S/c1-2-10-26-11-9-15(13-26)14-3-6-17(7-4-14)25-29(27,28)19-12-16(20(22,23)24)5-8-18(19)21/h3-8,12,15,25H,2,9-11,13H2,1H3. The van der Waals surface area contributed by atoms with Crippen molar-refractivity contribution in [2.75, 3.05) is 24.4 Å². The molecule has 0 saturated carbocycles. The number of nitrogens with zero attached hydrogens (tertiary/aromatic N) is 1. The molecule has 1 aliphatic heterocycles. The Morgan fingerprint density at radius 3 is 2.45 bits per heavy atom. The summed E-state index contributed by atoms with van der Waals surface area (Å²) in [4.78, 5) is 1.33. The number of anilines is 1. The molecule has 3 rings (SSSR count). The maximum atomic E-state index is 13.9. The zero-order chi connectivity index (χ0) is 21.2. The van der Waals surface area contributed by atoms with Gasteiger partial charge in [-0.3, -0.25) is 4.72 Å². The van der Waals surface area contributed by atoms with Crippen molar-refractivity contribution in [3.63, 3.8) is 0 Å². The van der Waals surface area contributed by atoms with Gasteiger partial charge in [0.05, 0.1) is 5.56 Å². The summed E-state index contributed by atoms with van der Waals surface area (Å²) in [5.41, 5.74) is -0.00161. The second-order valence-electron chi connectivity index (χ2n) is 7.16. The first-order valence-corrected chi connectivity index (χ1v) is 10.8. The van der Waals surface area contributed by atoms with E-state index in [0.29, 0.717) is 24.1 Å². The monoisotopic (exact) mass is 430 g/mol. The van der Waals surface area contributed by atoms with Crippen molar-refractivity contribution < 1.29 is 26.0 Å². The summed E-state index contributed by atoms with van der Waals surface area (Å²) < 4.78 is 79.5. The van der Waals surface area contributed by atoms with Crippen LogP contribution >= 0.6 is 0 Å². The fourth-order valence-electron chi connectivity index (χ4n) is 3.54. The third-order valence-corrected chi connectivity index (χ3v) is 6.39. The summed E-state index contributed by atoms with van der Waals surface area (Å²) in [5.74, 6) is -0.891. The maximum Gasteiger partial charge on any atom is 0.416 e. The molecule has 0 radical (unpaired) electrons. The van der Waals surface area contributed by atoms with Gasteiger partial charge in [0.2, 0.25) is 0 Å². The van der Waals surface area contributed by atoms with E-state index in [1.165, 1.54) is 0 Å². The van der Waals surface area contributed by atoms with E-state index in [1.807, 2.05) is 0 Å². The van der Waals surface area contributed by atoms with Crippen LogP contribution in [0, 0.1) is 5.82 Å². The predicted molar refractivity (Wildman–Crippen MR) is 103 cm³/mol. The van der Waals surface area contributed by atoms with Gasteiger partial charge in [0, 0.05) is 12.2 Å². The Balaban J connectivity index is 1.76. The van der Waals surface area contributed by atoms with Crippen LogP contribution in [0.4, 0.5) is 23.2 Å². The molecule has 1 atom stereocenters. The highest BCUT2D eigenvalue weighted by Crippen LogP contribution is 2.32. The molecule has 1 heterocycles. The summed E-state index contributed by atoms with van der Waals surface area (Å²) in [6.45, 7) is 5.12. The lowest BCUT2D eigenvalue weighted by Crippen LogP contribution is -2.20. The molecular formula is C20H22F4N2O2S. The van der Waals surface area contributed by atoms with Gasteiger partial charge in [-0.2, -0.15) is 13.2 Å². The van der Waals surface area contributed by atoms with Gasteiger partial charge < -0.3 is 4.90 Å². The lowest BCUT2D eigenvalue weighted by molar-refractivity contribution is -0.137. The minimum atomic E-state index is -4.77. The highest BCUT2D eigenvalue weighted by Gasteiger charge is 2.33. The van der Waals surface area contributed by atoms with E-state index in [9.17, 15) is 26.0 Å². The molecule has 1 aliphatic rings. The van der Waals surface area contributed by atoms with Crippen molar-refractivity contribution >= 4 is 15.7 Å². The van der Waals surface area contributed by atoms with Gasteiger partial charge in [-0.25, -0.2) is 12.8 Å². The van der Waals surface area contributed by atoms with Crippen LogP contribution in [0.3, 0.4) is 0 Å². The number of hydrogen-bond donors (Lipinski definition) is 1. The molecule has 158 valence electrons. The fourth-order valence-corrected chi connectivity index (χ4v) is 4.71. The van der Waals surface area contributed by atoms with E-state index in [-0.39, 0.29) is 5.69 Å². The lowest BCUT2D eigenvalue weighted by atomic mass is 9.98. The van der Waals surface area contributed by atoms with Crippen molar-refractivity contribution in [3.8, 4) is 0 Å². The number of likely N-dealkylation sites (tertiary alicyclic amines) is 1. The zero-order valence-corrected chi connectivity index (χ0v) is 16.7. The number of hydrogen-bond acceptors (Lipinski definition) is 3. The van der Waals surface area contributed by atoms with Gasteiger partial charge in [0.1, 0.15) is 10.7 Å². The summed E-state index contributed by atoms with van der Waals surface area (Å²) >= 11 is 0. The summed E-state index contributed by atoms with van der Waals surface area (Å²) in [7, 11) is -4.51. The highest BCUT2D eigenvalue weighted by atomic mass is 32.2. The summed E-state index contributed by atoms with van der Waals surface area (Å²) in [6, 6.07) is 7.98. The van der Waals surface area contributed by atoms with Crippen LogP contribution in [0.1, 0.15) is 36.8 Å². The topological polar surface area (TPSA) is 49.4 Å². The third kappa shape index (κ3) is 5.08. The third-order valence-electron chi connectivity index (χ3n) is 4.99. The van der Waals surface area contributed by atoms with E-state index in [0.717, 1.165) is 38.0 Å². The lowest BCUT2D eigenvalue weighted by Gasteiger charge is -2.15. The van der Waals surface area contributed by atoms with Crippen LogP contribution in [-0.4, -0.2) is 33.0 Å². The zero-order valence-electron chi connectivity index (χ0n) is 15.8. The first kappa shape index (κ1) is 21.6. The molecule has 4 nitrogen and oxygen atoms in total. The van der Waals surface area contributed by atoms with E-state index in [1.54, 1.807) is 24.3 Å². The largest absolute Gasteiger partial charge is 0.416 e. The Hall–Kier alpha value is -2.13. The molecule has 0 amide bonds. The number of rotatable bonds is 6. The summed E-state index contributed by atoms with van der Waals surface area (Å²) in [5, 5.41) is 0. The fraction of sp³-hybridized carbons (Fsp3) is 0.400. The van der Waals surface area contributed by atoms with Crippen molar-refractivity contribution in [2.45, 2.75) is 36.8 Å². The van der Waals surface area contributed by atoms with Crippen LogP contribution in [0.15, 0.2) is 47.4 Å². The Kier molecular flexibility index (Phi) is 6.19. The molecule has 0 aromatic heterocycles. The van der Waals surface area contributed by atoms with Gasteiger partial charge in [-0.05, 0) is 67.7 Å². The summed E-state index contributed by atoms with van der Waals surface area (Å²) in [6.07, 6.45) is -2.67. The molecular weight excluding hydrogens is 408 g/mol. The average Bonchev–Trinajstić information content (AvgIpc) is 3.10. The molecule has 0 spiro atoms. The molecule has 1 saturated heterocycles. The van der Waals surface area contributed by atoms with Crippen LogP contribution < -0.4 is 4.72 Å². The Bertz CT molecular complexity index is 959. The molecule has 2 aromatic rings. The molecule has 1 N–H and O–H groups in total. The smallest absolute Gasteiger partial charge is 0.303 e. The van der Waals surface area contributed by atoms with Gasteiger partial charge in [-0.15, -0.1) is 0 Å². The van der Waals surface area contributed by atoms with E-state index in [4.69, 9.17) is 0 Å². The Morgan fingerprint density at radius 1 is 1.14 bits per heavy atom. The van der Waals surface area contributed by atoms with E-state index < -0.39 is 32.5 Å². The minimum absolute atomic E-state index is 0.161. The number of alkyl halides is 3. The molecule has 0 aliphatic carbocycles. The van der Waals surface area contributed by atoms with Crippen LogP contribution in [0.25, 0.3) is 0 Å². The number of benzene rings is 2. The molecule has 0 bridgehead atoms. The van der Waals surface area contributed by atoms with Gasteiger partial charge >= 0.3 is 6.18 Å². The molecule has 2 aromatic carbocycles. The van der Waals surface area contributed by atoms with Crippen LogP contribution in [0.5, 0.6) is 0 Å². The second kappa shape index (κ2) is 8.31. The van der Waals surface area contributed by atoms with Gasteiger partial charge in [-0.1, -0.05) is 19.1 Å². The normalized spacial score (nSPS) is 18.2. The van der Waals surface area contributed by atoms with Crippen molar-refractivity contribution in [1.82, 2.24) is 4.90 Å². The molecule has 1 unspecified atom stereocenters. The van der Waals surface area contributed by atoms with Crippen LogP contribution in [-0.2, 0) is 16.2 Å². The number of nitrogens with one attached hydrogen (secondary N) is 1. The van der Waals surface area contributed by atoms with Crippen molar-refractivity contribution in [3.05, 3.63) is 59.4 Å². The minimum Gasteiger partial charge on any atom is -0.303 e. The Labute approximate surface area is 167 Å². The SMILES string of the molecule is CCCN1CCC(c2ccc(NS(=O)(=O)c3cc(C(F)(F)F)ccc3F)cc2)C1. The van der Waals surface area contributed by atoms with Gasteiger partial charge in [0.15, 0.2) is 0 Å². The molecule has 29 heavy (non-hydrogen) atoms. The average molecular weight is 430 g/mol. The Morgan fingerprint density at radius 2 is 1.83 bits per heavy atom. The first-order chi connectivity index (χ1) is 13.6. The number of halogens is 4. The highest BCUT2D eigenvalue weighted by molar-refractivity contribution is 7.92. The maximum absolute atomic E-state index is 13.9. The predicted octanol–water partition coefficient (Wildman–Crippen LogP) is 4.84. The van der Waals surface area contributed by atoms with E-state index >= 15 is 0 Å². The van der Waals surface area contributed by atoms with E-state index in [2.05, 4.69) is 16.5 Å². The molecule has 1 fully saturated rings. The van der Waals surface area contributed by atoms with Crippen LogP contribution in [0.2, 0.25) is 0 Å². The second-order valence-corrected chi connectivity index (χ2v) is 8.81. The quantitative estimate of drug-likeness (QED) is 0.667. The van der Waals surface area contributed by atoms with Crippen molar-refractivity contribution in [2.24, 2.45) is 0 Å². The van der Waals surface area contributed by atoms with Crippen molar-refractivity contribution in [1.29, 1.82) is 0 Å². The number of sulfonamides is 1. The molecule has 9 heteroatoms.